The van der Waals surface area contributed by atoms with Crippen LogP contribution in [0.5, 0.6) is 17.2 Å². The van der Waals surface area contributed by atoms with Crippen molar-refractivity contribution in [3.05, 3.63) is 53.9 Å². The highest BCUT2D eigenvalue weighted by atomic mass is 16.8. The molecule has 0 aliphatic carbocycles. The average molecular weight is 1780 g/mol. The smallest absolute Gasteiger partial charge is 0.187 e. The summed E-state index contributed by atoms with van der Waals surface area (Å²) in [6.07, 6.45) is -76.0. The largest absolute Gasteiger partial charge is 0.487 e. The molecule has 0 spiro atoms. The predicted octanol–water partition coefficient (Wildman–Crippen LogP) is -16.9. The second-order valence-electron chi connectivity index (χ2n) is 31.0. The Hall–Kier alpha value is -5.64. The zero-order valence-corrected chi connectivity index (χ0v) is 65.3. The van der Waals surface area contributed by atoms with Crippen molar-refractivity contribution in [3.63, 3.8) is 0 Å². The average Bonchev–Trinajstić information content (AvgIpc) is 1.69. The number of aromatic nitrogens is 9. The van der Waals surface area contributed by atoms with Gasteiger partial charge in [-0.1, -0.05) is 15.6 Å². The van der Waals surface area contributed by atoms with E-state index in [1.54, 1.807) is 0 Å². The number of rotatable bonds is 30. The van der Waals surface area contributed by atoms with Crippen LogP contribution in [0.4, 0.5) is 0 Å². The van der Waals surface area contributed by atoms with Crippen LogP contribution in [0, 0.1) is 0 Å². The van der Waals surface area contributed by atoms with Gasteiger partial charge in [0.25, 0.3) is 0 Å². The fraction of sp³-hybridized carbons (Fsp3) is 0.826. The lowest BCUT2D eigenvalue weighted by Gasteiger charge is -2.48. The molecule has 4 aromatic rings. The molecular formula is C69H105N9O45. The van der Waals surface area contributed by atoms with Crippen LogP contribution in [0.1, 0.15) is 56.5 Å². The molecule has 13 rings (SSSR count). The first-order chi connectivity index (χ1) is 58.6. The van der Waals surface area contributed by atoms with E-state index in [1.807, 2.05) is 0 Å². The highest BCUT2D eigenvalue weighted by molar-refractivity contribution is 5.42. The highest BCUT2D eigenvalue weighted by Crippen LogP contribution is 2.41. The molecule has 696 valence electrons. The summed E-state index contributed by atoms with van der Waals surface area (Å²) in [6, 6.07) is 4.05. The molecule has 9 fully saturated rings. The van der Waals surface area contributed by atoms with Crippen LogP contribution in [-0.2, 0) is 90.9 Å². The molecule has 9 saturated heterocycles. The summed E-state index contributed by atoms with van der Waals surface area (Å²) < 4.78 is 108. The van der Waals surface area contributed by atoms with Crippen molar-refractivity contribution in [1.82, 2.24) is 45.0 Å². The SMILES string of the molecule is C[C@@H]1O[C@@H](O[C@H]2[C@H](O[C@H]3[C@H](O)[C@@H](O)[C@H](n4cc(COc5cc(OCc6cn([C@@H]7O[C@H](CO)[C@@H](O[C@@H]8O[C@H](CO)[C@H](O)[C@H](O)[C@H]8O[C@@H]8O[C@@H](C)[C@@H](O)[C@@H](O)[C@@H]8O)[C@H](O)[C@H]7O)nn6)cc(OCc6cn([C@@H]7O[C@H](CO)[C@@H](O[C@@H]8O[C@H](CO)[C@H](O)[C@H](O)[C@H]8O[C@@H]8O[C@@H](C)[C@@H](O)[C@@H](O)[C@@H]8O)[C@H](O)[C@H]7O)nn6)c5)nn4)O[C@@H]3CO)O[C@H](CO)[C@H](O)[C@@H]2O)[C@@H](O)[C@H](O)[C@@H]1O. The van der Waals surface area contributed by atoms with Crippen molar-refractivity contribution in [2.45, 2.75) is 317 Å². The minimum absolute atomic E-state index is 0.00693. The summed E-state index contributed by atoms with van der Waals surface area (Å²) >= 11 is 0. The third-order valence-corrected chi connectivity index (χ3v) is 22.6. The molecule has 9 aliphatic rings. The van der Waals surface area contributed by atoms with E-state index in [1.165, 1.54) is 57.6 Å². The van der Waals surface area contributed by atoms with Crippen molar-refractivity contribution >= 4 is 0 Å². The number of hydrogen-bond donors (Lipinski definition) is 27. The quantitative estimate of drug-likeness (QED) is 0.0230. The second-order valence-corrected chi connectivity index (χ2v) is 31.0. The van der Waals surface area contributed by atoms with E-state index in [2.05, 4.69) is 30.9 Å². The molecule has 54 nitrogen and oxygen atoms in total. The van der Waals surface area contributed by atoms with E-state index in [-0.39, 0.29) is 34.3 Å². The van der Waals surface area contributed by atoms with Gasteiger partial charge < -0.3 is 223 Å². The maximum atomic E-state index is 11.7. The zero-order chi connectivity index (χ0) is 88.8. The van der Waals surface area contributed by atoms with E-state index in [4.69, 9.17) is 85.3 Å². The lowest BCUT2D eigenvalue weighted by molar-refractivity contribution is -0.382. The van der Waals surface area contributed by atoms with Crippen LogP contribution in [-0.4, -0.2) is 480 Å². The van der Waals surface area contributed by atoms with Gasteiger partial charge in [0.05, 0.1) is 76.5 Å². The predicted molar refractivity (Wildman–Crippen MR) is 378 cm³/mol. The van der Waals surface area contributed by atoms with Crippen molar-refractivity contribution in [2.24, 2.45) is 0 Å². The summed E-state index contributed by atoms with van der Waals surface area (Å²) in [6.45, 7) is -2.95. The molecule has 45 atom stereocenters. The Kier molecular flexibility index (Phi) is 31.3. The number of aliphatic hydroxyl groups excluding tert-OH is 27. The number of benzene rings is 1. The first-order valence-electron chi connectivity index (χ1n) is 39.1. The molecule has 54 heteroatoms. The summed E-state index contributed by atoms with van der Waals surface area (Å²) in [4.78, 5) is 0. The number of nitrogens with zero attached hydrogens (tertiary/aromatic N) is 9. The third-order valence-electron chi connectivity index (χ3n) is 22.6. The molecule has 0 amide bonds. The molecule has 27 N–H and O–H groups in total. The lowest BCUT2D eigenvalue weighted by Crippen LogP contribution is -2.66. The summed E-state index contributed by atoms with van der Waals surface area (Å²) in [5.41, 5.74) is 0.0208. The van der Waals surface area contributed by atoms with Gasteiger partial charge in [0, 0.05) is 18.2 Å². The Bertz CT molecular complexity index is 3570. The van der Waals surface area contributed by atoms with Gasteiger partial charge in [0.2, 0.25) is 0 Å². The van der Waals surface area contributed by atoms with Gasteiger partial charge in [0.1, 0.15) is 256 Å². The van der Waals surface area contributed by atoms with Gasteiger partial charge in [-0.15, -0.1) is 15.3 Å². The molecule has 0 radical (unpaired) electrons. The van der Waals surface area contributed by atoms with E-state index in [9.17, 15) is 138 Å². The van der Waals surface area contributed by atoms with Crippen LogP contribution in [0.3, 0.4) is 0 Å². The van der Waals surface area contributed by atoms with Crippen LogP contribution in [0.2, 0.25) is 0 Å². The Morgan fingerprint density at radius 1 is 0.252 bits per heavy atom. The fourth-order valence-electron chi connectivity index (χ4n) is 15.4. The van der Waals surface area contributed by atoms with E-state index in [0.717, 1.165) is 14.0 Å². The van der Waals surface area contributed by atoms with Crippen molar-refractivity contribution < 1.29 is 223 Å². The van der Waals surface area contributed by atoms with Gasteiger partial charge in [-0.25, -0.2) is 14.0 Å². The first-order valence-corrected chi connectivity index (χ1v) is 39.1. The topological polar surface area (TPSA) is 804 Å². The fourth-order valence-corrected chi connectivity index (χ4v) is 15.4. The maximum Gasteiger partial charge on any atom is 0.187 e. The van der Waals surface area contributed by atoms with Gasteiger partial charge >= 0.3 is 0 Å². The first kappa shape index (κ1) is 95.0. The molecule has 12 heterocycles. The number of ether oxygens (including phenoxy) is 18. The molecule has 0 unspecified atom stereocenters. The van der Waals surface area contributed by atoms with E-state index < -0.39 is 336 Å². The monoisotopic (exact) mass is 1780 g/mol. The van der Waals surface area contributed by atoms with Crippen LogP contribution in [0.15, 0.2) is 36.8 Å². The van der Waals surface area contributed by atoms with Crippen molar-refractivity contribution in [2.75, 3.05) is 39.6 Å². The van der Waals surface area contributed by atoms with Crippen LogP contribution < -0.4 is 14.2 Å². The Labute approximate surface area is 693 Å². The lowest BCUT2D eigenvalue weighted by atomic mass is 9.96. The van der Waals surface area contributed by atoms with Gasteiger partial charge in [-0.05, 0) is 20.8 Å². The minimum Gasteiger partial charge on any atom is -0.487 e. The Morgan fingerprint density at radius 2 is 0.480 bits per heavy atom. The van der Waals surface area contributed by atoms with Crippen LogP contribution in [0.25, 0.3) is 0 Å². The van der Waals surface area contributed by atoms with Crippen LogP contribution >= 0.6 is 0 Å². The van der Waals surface area contributed by atoms with Crippen molar-refractivity contribution in [1.29, 1.82) is 0 Å². The Morgan fingerprint density at radius 3 is 0.715 bits per heavy atom. The van der Waals surface area contributed by atoms with E-state index in [0.29, 0.717) is 0 Å². The minimum atomic E-state index is -2.03. The third kappa shape index (κ3) is 19.9. The normalized spacial score (nSPS) is 45.8. The second kappa shape index (κ2) is 40.6. The van der Waals surface area contributed by atoms with Crippen molar-refractivity contribution in [3.8, 4) is 17.2 Å². The number of hydrogen-bond acceptors (Lipinski definition) is 51. The summed E-state index contributed by atoms with van der Waals surface area (Å²) in [7, 11) is 0. The van der Waals surface area contributed by atoms with Gasteiger partial charge in [-0.2, -0.15) is 0 Å². The van der Waals surface area contributed by atoms with Gasteiger partial charge in [-0.3, -0.25) is 0 Å². The summed E-state index contributed by atoms with van der Waals surface area (Å²) in [5, 5.41) is 317. The maximum absolute atomic E-state index is 11.7. The van der Waals surface area contributed by atoms with Gasteiger partial charge in [0.15, 0.2) is 56.4 Å². The molecule has 0 saturated carbocycles. The zero-order valence-electron chi connectivity index (χ0n) is 65.3. The standard InChI is InChI=1S/C69H105N9O45/c1-19-34(85)40(91)52(103)64(109-19)121-58-43(94)37(88)28(10-79)115-67(58)118-55-31(13-82)112-61(49(100)46(55)97)76-7-22(70-73-76)16-106-25-4-26(107-17-23-8-77(74-71-23)62-50(101)47(98)56(32(14-83)113-62)119-68-59(44(95)38(89)29(11-80)116-68)122-65-53(104)41(92)35(86)20(2)110-65)6-27(5-25)108-18-24-9-78(75-72-24)63-51(102)48(99)57(33(15-84)114-63)120-69-60(45(96)39(90)30(12-81)117-69)123-66-54(105)42(93)36(87)21(3)111-66/h4-9,19-21,28-69,79-105H,10-18H2,1-3H3/t19-,20-,21-,28+,29+,30+,31+,32+,33+,34+,35+,36+,37-,38-,39-,40+,41+,42+,43-,44-,45-,46+,47+,48+,49+,50+,51+,52-,53-,54-,55+,56+,57+,58+,59+,60+,61+,62+,63+,64-,65-,66-,67-,68-,69-/m0/s1. The molecular weight excluding hydrogens is 1670 g/mol. The summed E-state index contributed by atoms with van der Waals surface area (Å²) in [5.74, 6) is -0.129. The van der Waals surface area contributed by atoms with E-state index >= 15 is 0 Å². The Balaban J connectivity index is 0.701. The molecule has 9 aliphatic heterocycles. The highest BCUT2D eigenvalue weighted by Gasteiger charge is 2.59. The molecule has 1 aromatic carbocycles. The molecule has 3 aromatic heterocycles. The molecule has 123 heavy (non-hydrogen) atoms. The number of aliphatic hydroxyl groups is 27. The molecule has 0 bridgehead atoms.